The molecule has 1 saturated heterocycles. The Hall–Kier alpha value is -3.09. The third-order valence-corrected chi connectivity index (χ3v) is 4.99. The molecule has 7 nitrogen and oxygen atoms in total. The molecule has 1 aliphatic rings. The number of nitrogens with one attached hydrogen (secondary N) is 1. The van der Waals surface area contributed by atoms with Gasteiger partial charge in [0.25, 0.3) is 5.91 Å². The molecule has 3 heterocycles. The van der Waals surface area contributed by atoms with Crippen LogP contribution in [0, 0.1) is 0 Å². The number of nitrogens with zero attached hydrogens (tertiary/aromatic N) is 5. The second-order valence-corrected chi connectivity index (χ2v) is 7.01. The normalized spacial score (nSPS) is 15.0. The van der Waals surface area contributed by atoms with Crippen molar-refractivity contribution < 1.29 is 4.79 Å². The zero-order chi connectivity index (χ0) is 18.8. The molecule has 0 atom stereocenters. The first kappa shape index (κ1) is 17.3. The van der Waals surface area contributed by atoms with Crippen molar-refractivity contribution >= 4 is 28.4 Å². The quantitative estimate of drug-likeness (QED) is 0.773. The maximum absolute atomic E-state index is 13.1. The van der Waals surface area contributed by atoms with Crippen molar-refractivity contribution in [2.45, 2.75) is 6.42 Å². The van der Waals surface area contributed by atoms with E-state index >= 15 is 0 Å². The summed E-state index contributed by atoms with van der Waals surface area (Å²) in [6.45, 7) is 3.03. The van der Waals surface area contributed by atoms with Gasteiger partial charge in [-0.1, -0.05) is 18.2 Å². The van der Waals surface area contributed by atoms with Gasteiger partial charge in [0.05, 0.1) is 18.0 Å². The fourth-order valence-corrected chi connectivity index (χ4v) is 3.48. The highest BCUT2D eigenvalue weighted by Gasteiger charge is 2.23. The molecule has 0 spiro atoms. The molecule has 0 radical (unpaired) electrons. The maximum Gasteiger partial charge on any atom is 0.256 e. The molecule has 4 rings (SSSR count). The highest BCUT2D eigenvalue weighted by molar-refractivity contribution is 6.06. The van der Waals surface area contributed by atoms with Crippen molar-refractivity contribution in [3.8, 4) is 0 Å². The summed E-state index contributed by atoms with van der Waals surface area (Å²) in [5.74, 6) is 1.79. The Morgan fingerprint density at radius 3 is 2.81 bits per heavy atom. The number of hydrogen-bond donors (Lipinski definition) is 1. The third-order valence-electron chi connectivity index (χ3n) is 4.99. The molecule has 0 bridgehead atoms. The SMILES string of the molecule is CN(C)c1cncc(N2CCCN(C(=O)c3c[nH]c4ccccc34)CC2)n1. The summed E-state index contributed by atoms with van der Waals surface area (Å²) >= 11 is 0. The van der Waals surface area contributed by atoms with Gasteiger partial charge in [0.2, 0.25) is 0 Å². The van der Waals surface area contributed by atoms with E-state index in [0.29, 0.717) is 6.54 Å². The topological polar surface area (TPSA) is 68.4 Å². The molecule has 7 heteroatoms. The van der Waals surface area contributed by atoms with Crippen LogP contribution < -0.4 is 9.80 Å². The standard InChI is InChI=1S/C20H24N6O/c1-24(2)18-13-21-14-19(23-18)25-8-5-9-26(11-10-25)20(27)16-12-22-17-7-4-3-6-15(16)17/h3-4,6-7,12-14,22H,5,8-11H2,1-2H3. The van der Waals surface area contributed by atoms with Crippen LogP contribution in [-0.4, -0.2) is 66.0 Å². The van der Waals surface area contributed by atoms with Gasteiger partial charge in [0.15, 0.2) is 0 Å². The van der Waals surface area contributed by atoms with Crippen LogP contribution in [0.4, 0.5) is 11.6 Å². The lowest BCUT2D eigenvalue weighted by molar-refractivity contribution is 0.0769. The number of rotatable bonds is 3. The highest BCUT2D eigenvalue weighted by atomic mass is 16.2. The van der Waals surface area contributed by atoms with E-state index in [1.54, 1.807) is 12.4 Å². The molecular formula is C20H24N6O. The first-order valence-corrected chi connectivity index (χ1v) is 9.23. The first-order valence-electron chi connectivity index (χ1n) is 9.23. The zero-order valence-corrected chi connectivity index (χ0v) is 15.7. The lowest BCUT2D eigenvalue weighted by Crippen LogP contribution is -2.35. The van der Waals surface area contributed by atoms with Crippen LogP contribution in [0.5, 0.6) is 0 Å². The number of hydrogen-bond acceptors (Lipinski definition) is 5. The molecule has 1 amide bonds. The number of carbonyl (C=O) groups is 1. The molecule has 1 aromatic carbocycles. The van der Waals surface area contributed by atoms with Gasteiger partial charge >= 0.3 is 0 Å². The minimum atomic E-state index is 0.0856. The molecule has 0 unspecified atom stereocenters. The maximum atomic E-state index is 13.1. The molecule has 27 heavy (non-hydrogen) atoms. The monoisotopic (exact) mass is 364 g/mol. The Morgan fingerprint density at radius 2 is 1.96 bits per heavy atom. The number of anilines is 2. The summed E-state index contributed by atoms with van der Waals surface area (Å²) in [6, 6.07) is 7.92. The van der Waals surface area contributed by atoms with Crippen molar-refractivity contribution in [1.82, 2.24) is 19.9 Å². The molecule has 1 N–H and O–H groups in total. The lowest BCUT2D eigenvalue weighted by Gasteiger charge is -2.23. The Morgan fingerprint density at radius 1 is 1.11 bits per heavy atom. The van der Waals surface area contributed by atoms with Crippen LogP contribution >= 0.6 is 0 Å². The second kappa shape index (κ2) is 7.26. The Balaban J connectivity index is 1.50. The van der Waals surface area contributed by atoms with Gasteiger partial charge < -0.3 is 19.7 Å². The van der Waals surface area contributed by atoms with E-state index in [-0.39, 0.29) is 5.91 Å². The average Bonchev–Trinajstić information content (AvgIpc) is 2.96. The summed E-state index contributed by atoms with van der Waals surface area (Å²) < 4.78 is 0. The number of aromatic amines is 1. The molecule has 140 valence electrons. The van der Waals surface area contributed by atoms with Crippen LogP contribution in [0.3, 0.4) is 0 Å². The predicted molar refractivity (Wildman–Crippen MR) is 107 cm³/mol. The number of carbonyl (C=O) groups excluding carboxylic acids is 1. The summed E-state index contributed by atoms with van der Waals surface area (Å²) in [6.07, 6.45) is 6.28. The number of para-hydroxylation sites is 1. The van der Waals surface area contributed by atoms with Crippen molar-refractivity contribution in [2.24, 2.45) is 0 Å². The van der Waals surface area contributed by atoms with Gasteiger partial charge in [-0.3, -0.25) is 9.78 Å². The summed E-state index contributed by atoms with van der Waals surface area (Å²) in [7, 11) is 3.91. The highest BCUT2D eigenvalue weighted by Crippen LogP contribution is 2.21. The van der Waals surface area contributed by atoms with E-state index in [1.165, 1.54) is 0 Å². The summed E-state index contributed by atoms with van der Waals surface area (Å²) in [4.78, 5) is 31.4. The fourth-order valence-electron chi connectivity index (χ4n) is 3.48. The number of H-pyrrole nitrogens is 1. The average molecular weight is 364 g/mol. The first-order chi connectivity index (χ1) is 13.1. The van der Waals surface area contributed by atoms with Crippen molar-refractivity contribution in [3.05, 3.63) is 48.4 Å². The largest absolute Gasteiger partial charge is 0.361 e. The summed E-state index contributed by atoms with van der Waals surface area (Å²) in [5.41, 5.74) is 1.74. The van der Waals surface area contributed by atoms with Gasteiger partial charge in [0, 0.05) is 57.4 Å². The van der Waals surface area contributed by atoms with Gasteiger partial charge in [-0.2, -0.15) is 0 Å². The van der Waals surface area contributed by atoms with Crippen LogP contribution in [-0.2, 0) is 0 Å². The molecule has 0 aliphatic carbocycles. The van der Waals surface area contributed by atoms with Gasteiger partial charge in [-0.25, -0.2) is 4.98 Å². The predicted octanol–water partition coefficient (Wildman–Crippen LogP) is 2.38. The summed E-state index contributed by atoms with van der Waals surface area (Å²) in [5, 5.41) is 0.980. The molecule has 0 saturated carbocycles. The molecule has 1 aliphatic heterocycles. The smallest absolute Gasteiger partial charge is 0.256 e. The molecule has 2 aromatic heterocycles. The third kappa shape index (κ3) is 3.45. The van der Waals surface area contributed by atoms with Gasteiger partial charge in [-0.05, 0) is 12.5 Å². The molecule has 3 aromatic rings. The van der Waals surface area contributed by atoms with Crippen molar-refractivity contribution in [2.75, 3.05) is 50.1 Å². The lowest BCUT2D eigenvalue weighted by atomic mass is 10.1. The van der Waals surface area contributed by atoms with E-state index in [1.807, 2.05) is 54.4 Å². The van der Waals surface area contributed by atoms with E-state index in [9.17, 15) is 4.79 Å². The fraction of sp³-hybridized carbons (Fsp3) is 0.350. The van der Waals surface area contributed by atoms with Crippen LogP contribution in [0.1, 0.15) is 16.8 Å². The minimum absolute atomic E-state index is 0.0856. The minimum Gasteiger partial charge on any atom is -0.361 e. The second-order valence-electron chi connectivity index (χ2n) is 7.01. The zero-order valence-electron chi connectivity index (χ0n) is 15.7. The van der Waals surface area contributed by atoms with Gasteiger partial charge in [-0.15, -0.1) is 0 Å². The van der Waals surface area contributed by atoms with E-state index < -0.39 is 0 Å². The van der Waals surface area contributed by atoms with E-state index in [2.05, 4.69) is 19.9 Å². The van der Waals surface area contributed by atoms with Crippen molar-refractivity contribution in [3.63, 3.8) is 0 Å². The number of fused-ring (bicyclic) bond motifs is 1. The van der Waals surface area contributed by atoms with E-state index in [4.69, 9.17) is 0 Å². The Labute approximate surface area is 158 Å². The van der Waals surface area contributed by atoms with Crippen molar-refractivity contribution in [1.29, 1.82) is 0 Å². The molecular weight excluding hydrogens is 340 g/mol. The Kier molecular flexibility index (Phi) is 4.66. The van der Waals surface area contributed by atoms with E-state index in [0.717, 1.165) is 54.2 Å². The van der Waals surface area contributed by atoms with Crippen LogP contribution in [0.2, 0.25) is 0 Å². The van der Waals surface area contributed by atoms with Gasteiger partial charge in [0.1, 0.15) is 11.6 Å². The van der Waals surface area contributed by atoms with Crippen LogP contribution in [0.15, 0.2) is 42.9 Å². The Bertz CT molecular complexity index is 950. The number of benzene rings is 1. The number of amides is 1. The molecule has 1 fully saturated rings. The number of aromatic nitrogens is 3. The van der Waals surface area contributed by atoms with Crippen LogP contribution in [0.25, 0.3) is 10.9 Å².